The zero-order valence-corrected chi connectivity index (χ0v) is 21.7. The van der Waals surface area contributed by atoms with Crippen molar-refractivity contribution in [1.29, 1.82) is 0 Å². The number of benzene rings is 2. The van der Waals surface area contributed by atoms with Crippen LogP contribution in [-0.2, 0) is 14.3 Å². The molecule has 0 fully saturated rings. The molecule has 3 N–H and O–H groups in total. The van der Waals surface area contributed by atoms with Gasteiger partial charge in [0.2, 0.25) is 11.9 Å². The summed E-state index contributed by atoms with van der Waals surface area (Å²) in [5, 5.41) is 8.59. The van der Waals surface area contributed by atoms with Crippen molar-refractivity contribution in [3.05, 3.63) is 73.2 Å². The van der Waals surface area contributed by atoms with Crippen molar-refractivity contribution in [1.82, 2.24) is 9.97 Å². The summed E-state index contributed by atoms with van der Waals surface area (Å²) in [4.78, 5) is 31.6. The number of carbonyl (C=O) groups is 2. The molecule has 0 aliphatic rings. The van der Waals surface area contributed by atoms with Crippen molar-refractivity contribution in [2.75, 3.05) is 22.6 Å². The number of nitrogens with zero attached hydrogens (tertiary/aromatic N) is 2. The lowest BCUT2D eigenvalue weighted by Crippen LogP contribution is -2.23. The molecule has 9 nitrogen and oxygen atoms in total. The third-order valence-corrected chi connectivity index (χ3v) is 4.88. The molecule has 0 saturated heterocycles. The summed E-state index contributed by atoms with van der Waals surface area (Å²) >= 11 is 0. The highest BCUT2D eigenvalue weighted by Crippen LogP contribution is 2.24. The number of aromatic nitrogens is 2. The number of unbranched alkanes of at least 4 members (excludes halogenated alkanes) is 1. The summed E-state index contributed by atoms with van der Waals surface area (Å²) < 4.78 is 25.5. The predicted octanol–water partition coefficient (Wildman–Crippen LogP) is 6.12. The van der Waals surface area contributed by atoms with Crippen LogP contribution in [0, 0.1) is 5.82 Å². The molecule has 0 radical (unpaired) electrons. The molecule has 1 amide bonds. The predicted molar refractivity (Wildman–Crippen MR) is 145 cm³/mol. The molecule has 0 unspecified atom stereocenters. The van der Waals surface area contributed by atoms with Crippen LogP contribution in [0.4, 0.5) is 33.2 Å². The fourth-order valence-corrected chi connectivity index (χ4v) is 3.27. The van der Waals surface area contributed by atoms with E-state index >= 15 is 0 Å². The minimum absolute atomic E-state index is 0.0351. The lowest BCUT2D eigenvalue weighted by molar-refractivity contribution is -0.154. The first kappa shape index (κ1) is 28.1. The van der Waals surface area contributed by atoms with Gasteiger partial charge in [-0.2, -0.15) is 4.98 Å². The summed E-state index contributed by atoms with van der Waals surface area (Å²) in [5.41, 5.74) is 1.22. The maximum Gasteiger partial charge on any atom is 0.306 e. The van der Waals surface area contributed by atoms with Crippen LogP contribution in [0.1, 0.15) is 40.0 Å². The fraction of sp³-hybridized carbons (Fsp3) is 0.286. The van der Waals surface area contributed by atoms with Crippen LogP contribution in [0.3, 0.4) is 0 Å². The first-order valence-corrected chi connectivity index (χ1v) is 12.2. The molecular weight excluding hydrogens is 489 g/mol. The highest BCUT2D eigenvalue weighted by Gasteiger charge is 2.15. The molecule has 0 bridgehead atoms. The minimum Gasteiger partial charge on any atom is -0.494 e. The second kappa shape index (κ2) is 13.2. The van der Waals surface area contributed by atoms with Gasteiger partial charge in [0.05, 0.1) is 12.8 Å². The zero-order chi connectivity index (χ0) is 27.5. The van der Waals surface area contributed by atoms with E-state index in [9.17, 15) is 14.0 Å². The highest BCUT2D eigenvalue weighted by molar-refractivity contribution is 5.99. The molecule has 3 aromatic rings. The third-order valence-electron chi connectivity index (χ3n) is 4.88. The van der Waals surface area contributed by atoms with Gasteiger partial charge in [0.25, 0.3) is 0 Å². The Hall–Kier alpha value is -4.47. The topological polar surface area (TPSA) is 114 Å². The van der Waals surface area contributed by atoms with Crippen molar-refractivity contribution in [2.24, 2.45) is 0 Å². The molecule has 1 heterocycles. The number of nitrogens with one attached hydrogen (secondary N) is 3. The number of carbonyl (C=O) groups excluding carboxylic acids is 2. The molecule has 3 rings (SSSR count). The monoisotopic (exact) mass is 521 g/mol. The lowest BCUT2D eigenvalue weighted by Gasteiger charge is -2.19. The van der Waals surface area contributed by atoms with Crippen LogP contribution in [0.15, 0.2) is 67.4 Å². The molecule has 200 valence electrons. The van der Waals surface area contributed by atoms with Crippen molar-refractivity contribution in [3.63, 3.8) is 0 Å². The molecule has 38 heavy (non-hydrogen) atoms. The standard InChI is InChI=1S/C28H32FN5O4/c1-5-24(35)31-19-10-8-11-20(16-19)32-26-23(29)18-30-27(34-26)33-21-12-9-13-22(17-21)37-15-7-6-14-25(36)38-28(2,3)4/h5,8-13,16-18H,1,6-7,14-15H2,2-4H3,(H,31,35)(H2,30,32,33,34). The number of ether oxygens (including phenoxy) is 2. The largest absolute Gasteiger partial charge is 0.494 e. The van der Waals surface area contributed by atoms with E-state index in [0.717, 1.165) is 12.3 Å². The van der Waals surface area contributed by atoms with Crippen LogP contribution in [0.2, 0.25) is 0 Å². The van der Waals surface area contributed by atoms with Gasteiger partial charge in [-0.1, -0.05) is 18.7 Å². The van der Waals surface area contributed by atoms with Crippen LogP contribution >= 0.6 is 0 Å². The zero-order valence-electron chi connectivity index (χ0n) is 21.7. The Bertz CT molecular complexity index is 1280. The number of halogens is 1. The molecule has 0 aliphatic carbocycles. The summed E-state index contributed by atoms with van der Waals surface area (Å²) in [7, 11) is 0. The van der Waals surface area contributed by atoms with Gasteiger partial charge in [-0.25, -0.2) is 9.37 Å². The number of hydrogen-bond acceptors (Lipinski definition) is 8. The van der Waals surface area contributed by atoms with Crippen LogP contribution in [-0.4, -0.2) is 34.1 Å². The summed E-state index contributed by atoms with van der Waals surface area (Å²) in [5.74, 6) is -0.435. The Kier molecular flexibility index (Phi) is 9.75. The van der Waals surface area contributed by atoms with Gasteiger partial charge in [-0.15, -0.1) is 0 Å². The van der Waals surface area contributed by atoms with Gasteiger partial charge in [-0.05, 0) is 70.0 Å². The highest BCUT2D eigenvalue weighted by atomic mass is 19.1. The Labute approximate surface area is 221 Å². The number of amides is 1. The van der Waals surface area contributed by atoms with E-state index in [-0.39, 0.29) is 23.6 Å². The molecule has 10 heteroatoms. The van der Waals surface area contributed by atoms with E-state index in [0.29, 0.717) is 48.7 Å². The molecule has 0 saturated carbocycles. The maximum absolute atomic E-state index is 14.4. The van der Waals surface area contributed by atoms with Gasteiger partial charge in [-0.3, -0.25) is 9.59 Å². The normalized spacial score (nSPS) is 10.8. The van der Waals surface area contributed by atoms with E-state index in [1.807, 2.05) is 32.9 Å². The molecular formula is C28H32FN5O4. The molecule has 1 aromatic heterocycles. The summed E-state index contributed by atoms with van der Waals surface area (Å²) in [6, 6.07) is 14.0. The average molecular weight is 522 g/mol. The van der Waals surface area contributed by atoms with Crippen molar-refractivity contribution < 1.29 is 23.5 Å². The van der Waals surface area contributed by atoms with Gasteiger partial charge < -0.3 is 25.4 Å². The number of hydrogen-bond donors (Lipinski definition) is 3. The first-order valence-electron chi connectivity index (χ1n) is 12.2. The Morgan fingerprint density at radius 1 is 1.03 bits per heavy atom. The van der Waals surface area contributed by atoms with E-state index in [2.05, 4.69) is 32.5 Å². The van der Waals surface area contributed by atoms with Gasteiger partial charge in [0.15, 0.2) is 11.6 Å². The Morgan fingerprint density at radius 2 is 1.74 bits per heavy atom. The first-order chi connectivity index (χ1) is 18.1. The maximum atomic E-state index is 14.4. The van der Waals surface area contributed by atoms with Crippen molar-refractivity contribution in [3.8, 4) is 5.75 Å². The molecule has 2 aromatic carbocycles. The lowest BCUT2D eigenvalue weighted by atomic mass is 10.2. The van der Waals surface area contributed by atoms with E-state index in [1.54, 1.807) is 36.4 Å². The summed E-state index contributed by atoms with van der Waals surface area (Å²) in [6.45, 7) is 9.39. The van der Waals surface area contributed by atoms with E-state index in [1.165, 1.54) is 0 Å². The van der Waals surface area contributed by atoms with E-state index in [4.69, 9.17) is 9.47 Å². The average Bonchev–Trinajstić information content (AvgIpc) is 2.85. The van der Waals surface area contributed by atoms with Gasteiger partial charge in [0.1, 0.15) is 11.4 Å². The molecule has 0 aliphatic heterocycles. The quantitative estimate of drug-likeness (QED) is 0.148. The minimum atomic E-state index is -0.639. The Morgan fingerprint density at radius 3 is 2.47 bits per heavy atom. The van der Waals surface area contributed by atoms with Crippen molar-refractivity contribution in [2.45, 2.75) is 45.6 Å². The van der Waals surface area contributed by atoms with Crippen LogP contribution in [0.5, 0.6) is 5.75 Å². The molecule has 0 atom stereocenters. The number of anilines is 5. The number of esters is 1. The Balaban J connectivity index is 1.55. The SMILES string of the molecule is C=CC(=O)Nc1cccc(Nc2nc(Nc3cccc(OCCCCC(=O)OC(C)(C)C)c3)ncc2F)c1. The van der Waals surface area contributed by atoms with Crippen molar-refractivity contribution >= 4 is 40.7 Å². The van der Waals surface area contributed by atoms with Crippen LogP contribution in [0.25, 0.3) is 0 Å². The second-order valence-electron chi connectivity index (χ2n) is 9.33. The van der Waals surface area contributed by atoms with Crippen LogP contribution < -0.4 is 20.7 Å². The van der Waals surface area contributed by atoms with Gasteiger partial charge in [0, 0.05) is 29.5 Å². The second-order valence-corrected chi connectivity index (χ2v) is 9.33. The van der Waals surface area contributed by atoms with E-state index < -0.39 is 11.4 Å². The van der Waals surface area contributed by atoms with Gasteiger partial charge >= 0.3 is 5.97 Å². The third kappa shape index (κ3) is 9.53. The fourth-order valence-electron chi connectivity index (χ4n) is 3.27. The molecule has 0 spiro atoms. The number of rotatable bonds is 12. The smallest absolute Gasteiger partial charge is 0.306 e. The summed E-state index contributed by atoms with van der Waals surface area (Å²) in [6.07, 6.45) is 3.93.